The van der Waals surface area contributed by atoms with Crippen LogP contribution in [0.4, 0.5) is 5.69 Å². The second-order valence-corrected chi connectivity index (χ2v) is 5.93. The third-order valence-electron chi connectivity index (χ3n) is 3.33. The van der Waals surface area contributed by atoms with Crippen LogP contribution in [0.3, 0.4) is 0 Å². The van der Waals surface area contributed by atoms with E-state index in [0.717, 1.165) is 26.2 Å². The molecule has 1 fully saturated rings. The molecule has 19 heavy (non-hydrogen) atoms. The number of hydrogen-bond acceptors (Lipinski definition) is 5. The van der Waals surface area contributed by atoms with E-state index in [9.17, 15) is 15.2 Å². The second kappa shape index (κ2) is 6.02. The van der Waals surface area contributed by atoms with Gasteiger partial charge in [0.2, 0.25) is 0 Å². The molecule has 7 heteroatoms. The lowest BCUT2D eigenvalue weighted by atomic mass is 10.1. The Kier molecular flexibility index (Phi) is 4.58. The number of nitro groups is 1. The predicted octanol–water partition coefficient (Wildman–Crippen LogP) is 1.65. The molecule has 0 radical (unpaired) electrons. The first-order valence-electron chi connectivity index (χ1n) is 6.04. The molecule has 0 bridgehead atoms. The van der Waals surface area contributed by atoms with Gasteiger partial charge in [0, 0.05) is 50.4 Å². The molecule has 6 nitrogen and oxygen atoms in total. The normalized spacial score (nSPS) is 17.6. The lowest BCUT2D eigenvalue weighted by Crippen LogP contribution is -2.43. The van der Waals surface area contributed by atoms with E-state index >= 15 is 0 Å². The average molecular weight is 377 g/mol. The second-order valence-electron chi connectivity index (χ2n) is 4.77. The van der Waals surface area contributed by atoms with E-state index in [1.54, 1.807) is 0 Å². The summed E-state index contributed by atoms with van der Waals surface area (Å²) in [5, 5.41) is 20.9. The Morgan fingerprint density at radius 2 is 2.00 bits per heavy atom. The first kappa shape index (κ1) is 14.5. The summed E-state index contributed by atoms with van der Waals surface area (Å²) in [6.45, 7) is 4.33. The molecule has 1 saturated heterocycles. The van der Waals surface area contributed by atoms with Gasteiger partial charge in [-0.1, -0.05) is 0 Å². The van der Waals surface area contributed by atoms with Crippen LogP contribution < -0.4 is 0 Å². The van der Waals surface area contributed by atoms with Crippen molar-refractivity contribution in [2.75, 3.05) is 33.2 Å². The van der Waals surface area contributed by atoms with Crippen LogP contribution in [0.1, 0.15) is 5.56 Å². The lowest BCUT2D eigenvalue weighted by molar-refractivity contribution is -0.385. The highest BCUT2D eigenvalue weighted by atomic mass is 127. The van der Waals surface area contributed by atoms with Gasteiger partial charge in [-0.25, -0.2) is 0 Å². The minimum Gasteiger partial charge on any atom is -0.506 e. The number of phenolic OH excluding ortho intramolecular Hbond substituents is 1. The first-order valence-corrected chi connectivity index (χ1v) is 7.12. The van der Waals surface area contributed by atoms with Crippen LogP contribution in [0.25, 0.3) is 0 Å². The molecule has 1 N–H and O–H groups in total. The zero-order valence-corrected chi connectivity index (χ0v) is 12.8. The fourth-order valence-corrected chi connectivity index (χ4v) is 2.78. The third kappa shape index (κ3) is 3.54. The number of phenols is 1. The molecule has 0 aliphatic carbocycles. The van der Waals surface area contributed by atoms with E-state index in [4.69, 9.17) is 0 Å². The number of aromatic hydroxyl groups is 1. The van der Waals surface area contributed by atoms with Crippen LogP contribution in [0.5, 0.6) is 5.75 Å². The predicted molar refractivity (Wildman–Crippen MR) is 80.3 cm³/mol. The fraction of sp³-hybridized carbons (Fsp3) is 0.500. The van der Waals surface area contributed by atoms with Crippen LogP contribution in [0.15, 0.2) is 12.1 Å². The number of benzene rings is 1. The summed E-state index contributed by atoms with van der Waals surface area (Å²) in [6.07, 6.45) is 0. The lowest BCUT2D eigenvalue weighted by Gasteiger charge is -2.32. The van der Waals surface area contributed by atoms with Crippen molar-refractivity contribution in [3.63, 3.8) is 0 Å². The highest BCUT2D eigenvalue weighted by Crippen LogP contribution is 2.30. The molecule has 2 rings (SSSR count). The zero-order chi connectivity index (χ0) is 14.0. The molecular weight excluding hydrogens is 361 g/mol. The van der Waals surface area contributed by atoms with Gasteiger partial charge >= 0.3 is 0 Å². The van der Waals surface area contributed by atoms with Crippen LogP contribution in [0, 0.1) is 13.7 Å². The molecule has 0 atom stereocenters. The minimum atomic E-state index is -0.422. The largest absolute Gasteiger partial charge is 0.506 e. The van der Waals surface area contributed by atoms with Crippen molar-refractivity contribution in [2.45, 2.75) is 6.54 Å². The Labute approximate surface area is 125 Å². The Bertz CT molecular complexity index is 487. The molecule has 0 spiro atoms. The van der Waals surface area contributed by atoms with Crippen molar-refractivity contribution in [1.82, 2.24) is 9.80 Å². The number of likely N-dealkylation sites (N-methyl/N-ethyl adjacent to an activating group) is 1. The van der Waals surface area contributed by atoms with Gasteiger partial charge in [0.25, 0.3) is 5.69 Å². The van der Waals surface area contributed by atoms with E-state index in [1.807, 2.05) is 22.6 Å². The molecular formula is C12H16IN3O3. The van der Waals surface area contributed by atoms with Gasteiger partial charge in [-0.05, 0) is 29.6 Å². The average Bonchev–Trinajstić information content (AvgIpc) is 2.37. The van der Waals surface area contributed by atoms with Crippen molar-refractivity contribution in [3.05, 3.63) is 31.4 Å². The topological polar surface area (TPSA) is 69.9 Å². The first-order chi connectivity index (χ1) is 8.97. The summed E-state index contributed by atoms with van der Waals surface area (Å²) in [5.41, 5.74) is 0.662. The molecule has 1 aliphatic heterocycles. The summed E-state index contributed by atoms with van der Waals surface area (Å²) >= 11 is 1.93. The molecule has 104 valence electrons. The number of nitro benzene ring substituents is 1. The summed E-state index contributed by atoms with van der Waals surface area (Å²) < 4.78 is 0.524. The van der Waals surface area contributed by atoms with Crippen LogP contribution in [0.2, 0.25) is 0 Å². The van der Waals surface area contributed by atoms with Gasteiger partial charge in [0.1, 0.15) is 5.75 Å². The highest BCUT2D eigenvalue weighted by Gasteiger charge is 2.19. The van der Waals surface area contributed by atoms with Crippen LogP contribution >= 0.6 is 22.6 Å². The van der Waals surface area contributed by atoms with Crippen molar-refractivity contribution in [2.24, 2.45) is 0 Å². The standard InChI is InChI=1S/C12H16IN3O3/c1-14-2-4-15(5-3-14)8-9-6-10(16(18)19)7-11(13)12(9)17/h6-7,17H,2-5,8H2,1H3. The fourth-order valence-electron chi connectivity index (χ4n) is 2.11. The number of non-ortho nitro benzene ring substituents is 1. The smallest absolute Gasteiger partial charge is 0.271 e. The van der Waals surface area contributed by atoms with Crippen molar-refractivity contribution in [1.29, 1.82) is 0 Å². The molecule has 1 heterocycles. The van der Waals surface area contributed by atoms with Crippen LogP contribution in [-0.4, -0.2) is 53.1 Å². The maximum Gasteiger partial charge on any atom is 0.271 e. The Balaban J connectivity index is 2.17. The van der Waals surface area contributed by atoms with E-state index in [1.165, 1.54) is 12.1 Å². The molecule has 0 aromatic heterocycles. The van der Waals surface area contributed by atoms with Gasteiger partial charge < -0.3 is 10.0 Å². The van der Waals surface area contributed by atoms with Gasteiger partial charge in [0.05, 0.1) is 8.49 Å². The molecule has 0 unspecified atom stereocenters. The van der Waals surface area contributed by atoms with Crippen molar-refractivity contribution < 1.29 is 10.0 Å². The van der Waals surface area contributed by atoms with Gasteiger partial charge in [-0.2, -0.15) is 0 Å². The number of piperazine rings is 1. The Hall–Kier alpha value is -0.930. The zero-order valence-electron chi connectivity index (χ0n) is 10.7. The summed E-state index contributed by atoms with van der Waals surface area (Å²) in [6, 6.07) is 2.86. The van der Waals surface area contributed by atoms with Crippen molar-refractivity contribution in [3.8, 4) is 5.75 Å². The van der Waals surface area contributed by atoms with Gasteiger partial charge in [-0.3, -0.25) is 15.0 Å². The van der Waals surface area contributed by atoms with Gasteiger partial charge in [-0.15, -0.1) is 0 Å². The molecule has 0 saturated carbocycles. The Morgan fingerprint density at radius 3 is 2.58 bits per heavy atom. The number of rotatable bonds is 3. The SMILES string of the molecule is CN1CCN(Cc2cc([N+](=O)[O-])cc(I)c2O)CC1. The molecule has 1 aromatic carbocycles. The monoisotopic (exact) mass is 377 g/mol. The third-order valence-corrected chi connectivity index (χ3v) is 4.15. The van der Waals surface area contributed by atoms with E-state index in [2.05, 4.69) is 16.8 Å². The Morgan fingerprint density at radius 1 is 1.37 bits per heavy atom. The highest BCUT2D eigenvalue weighted by molar-refractivity contribution is 14.1. The number of nitrogens with zero attached hydrogens (tertiary/aromatic N) is 3. The van der Waals surface area contributed by atoms with Gasteiger partial charge in [0.15, 0.2) is 0 Å². The van der Waals surface area contributed by atoms with E-state index in [-0.39, 0.29) is 11.4 Å². The van der Waals surface area contributed by atoms with E-state index < -0.39 is 4.92 Å². The van der Waals surface area contributed by atoms with Crippen LogP contribution in [-0.2, 0) is 6.54 Å². The quantitative estimate of drug-likeness (QED) is 0.493. The molecule has 0 amide bonds. The summed E-state index contributed by atoms with van der Waals surface area (Å²) in [5.74, 6) is 0.158. The summed E-state index contributed by atoms with van der Waals surface area (Å²) in [7, 11) is 2.07. The summed E-state index contributed by atoms with van der Waals surface area (Å²) in [4.78, 5) is 14.9. The minimum absolute atomic E-state index is 0.0336. The van der Waals surface area contributed by atoms with Crippen molar-refractivity contribution >= 4 is 28.3 Å². The molecule has 1 aliphatic rings. The maximum absolute atomic E-state index is 10.9. The number of hydrogen-bond donors (Lipinski definition) is 1. The van der Waals surface area contributed by atoms with E-state index in [0.29, 0.717) is 15.7 Å². The number of halogens is 1. The maximum atomic E-state index is 10.9. The molecule has 1 aromatic rings.